The van der Waals surface area contributed by atoms with E-state index in [0.717, 1.165) is 4.90 Å². The molecule has 0 bridgehead atoms. The lowest BCUT2D eigenvalue weighted by atomic mass is 10.3. The monoisotopic (exact) mass is 319 g/mol. The second kappa shape index (κ2) is 7.84. The lowest BCUT2D eigenvalue weighted by Gasteiger charge is -2.14. The SMILES string of the molecule is CCOc1ccccc1NC(=O)C(C)Sc1ccc(F)cc1. The van der Waals surface area contributed by atoms with Crippen molar-refractivity contribution in [2.45, 2.75) is 24.0 Å². The molecule has 0 aliphatic heterocycles. The molecule has 2 aromatic carbocycles. The van der Waals surface area contributed by atoms with Gasteiger partial charge in [0.1, 0.15) is 11.6 Å². The van der Waals surface area contributed by atoms with Crippen LogP contribution in [0.15, 0.2) is 53.4 Å². The van der Waals surface area contributed by atoms with Crippen LogP contribution in [0.2, 0.25) is 0 Å². The summed E-state index contributed by atoms with van der Waals surface area (Å²) in [4.78, 5) is 13.1. The molecule has 22 heavy (non-hydrogen) atoms. The lowest BCUT2D eigenvalue weighted by Crippen LogP contribution is -2.22. The molecule has 1 unspecified atom stereocenters. The minimum Gasteiger partial charge on any atom is -0.492 e. The van der Waals surface area contributed by atoms with Gasteiger partial charge in [0.25, 0.3) is 0 Å². The summed E-state index contributed by atoms with van der Waals surface area (Å²) in [5.41, 5.74) is 0.654. The summed E-state index contributed by atoms with van der Waals surface area (Å²) in [7, 11) is 0. The summed E-state index contributed by atoms with van der Waals surface area (Å²) in [5.74, 6) is 0.242. The van der Waals surface area contributed by atoms with E-state index in [1.807, 2.05) is 32.0 Å². The maximum absolute atomic E-state index is 12.9. The van der Waals surface area contributed by atoms with E-state index in [4.69, 9.17) is 4.74 Å². The number of rotatable bonds is 6. The first kappa shape index (κ1) is 16.4. The zero-order chi connectivity index (χ0) is 15.9. The number of benzene rings is 2. The number of amides is 1. The Bertz CT molecular complexity index is 631. The van der Waals surface area contributed by atoms with Gasteiger partial charge in [0.15, 0.2) is 0 Å². The van der Waals surface area contributed by atoms with E-state index < -0.39 is 0 Å². The summed E-state index contributed by atoms with van der Waals surface area (Å²) in [6, 6.07) is 13.4. The van der Waals surface area contributed by atoms with Gasteiger partial charge < -0.3 is 10.1 Å². The number of carbonyl (C=O) groups excluding carboxylic acids is 1. The molecular formula is C17H18FNO2S. The summed E-state index contributed by atoms with van der Waals surface area (Å²) < 4.78 is 18.4. The van der Waals surface area contributed by atoms with Crippen molar-refractivity contribution in [3.05, 3.63) is 54.3 Å². The fraction of sp³-hybridized carbons (Fsp3) is 0.235. The number of thioether (sulfide) groups is 1. The van der Waals surface area contributed by atoms with Crippen LogP contribution in [0.1, 0.15) is 13.8 Å². The van der Waals surface area contributed by atoms with Crippen molar-refractivity contribution in [2.75, 3.05) is 11.9 Å². The standard InChI is InChI=1S/C17H18FNO2S/c1-3-21-16-7-5-4-6-15(16)19-17(20)12(2)22-14-10-8-13(18)9-11-14/h4-12H,3H2,1-2H3,(H,19,20). The van der Waals surface area contributed by atoms with Gasteiger partial charge in [-0.3, -0.25) is 4.79 Å². The van der Waals surface area contributed by atoms with Crippen molar-refractivity contribution in [1.29, 1.82) is 0 Å². The molecule has 1 atom stereocenters. The summed E-state index contributed by atoms with van der Waals surface area (Å²) in [6.07, 6.45) is 0. The van der Waals surface area contributed by atoms with Crippen molar-refractivity contribution < 1.29 is 13.9 Å². The molecule has 1 amide bonds. The number of para-hydroxylation sites is 2. The van der Waals surface area contributed by atoms with E-state index in [-0.39, 0.29) is 17.0 Å². The Kier molecular flexibility index (Phi) is 5.83. The van der Waals surface area contributed by atoms with Crippen LogP contribution in [-0.4, -0.2) is 17.8 Å². The van der Waals surface area contributed by atoms with Crippen LogP contribution in [-0.2, 0) is 4.79 Å². The summed E-state index contributed by atoms with van der Waals surface area (Å²) >= 11 is 1.38. The number of halogens is 1. The van der Waals surface area contributed by atoms with Gasteiger partial charge >= 0.3 is 0 Å². The Balaban J connectivity index is 2.01. The highest BCUT2D eigenvalue weighted by molar-refractivity contribution is 8.00. The highest BCUT2D eigenvalue weighted by Crippen LogP contribution is 2.27. The topological polar surface area (TPSA) is 38.3 Å². The molecule has 0 saturated heterocycles. The summed E-state index contributed by atoms with van der Waals surface area (Å²) in [5, 5.41) is 2.56. The Labute approximate surface area is 133 Å². The number of nitrogens with one attached hydrogen (secondary N) is 1. The maximum Gasteiger partial charge on any atom is 0.237 e. The van der Waals surface area contributed by atoms with Gasteiger partial charge in [-0.15, -0.1) is 11.8 Å². The number of anilines is 1. The molecule has 0 saturated carbocycles. The van der Waals surface area contributed by atoms with Crippen LogP contribution >= 0.6 is 11.8 Å². The zero-order valence-corrected chi connectivity index (χ0v) is 13.3. The zero-order valence-electron chi connectivity index (χ0n) is 12.5. The van der Waals surface area contributed by atoms with Crippen molar-refractivity contribution in [2.24, 2.45) is 0 Å². The normalized spacial score (nSPS) is 11.8. The highest BCUT2D eigenvalue weighted by atomic mass is 32.2. The number of hydrogen-bond acceptors (Lipinski definition) is 3. The smallest absolute Gasteiger partial charge is 0.237 e. The fourth-order valence-corrected chi connectivity index (χ4v) is 2.72. The van der Waals surface area contributed by atoms with Gasteiger partial charge in [0.2, 0.25) is 5.91 Å². The molecular weight excluding hydrogens is 301 g/mol. The lowest BCUT2D eigenvalue weighted by molar-refractivity contribution is -0.115. The molecule has 0 fully saturated rings. The first-order valence-corrected chi connectivity index (χ1v) is 7.93. The molecule has 1 N–H and O–H groups in total. The Morgan fingerprint density at radius 1 is 1.23 bits per heavy atom. The molecule has 0 aliphatic rings. The third kappa shape index (κ3) is 4.49. The average molecular weight is 319 g/mol. The summed E-state index contributed by atoms with van der Waals surface area (Å²) in [6.45, 7) is 4.24. The molecule has 0 radical (unpaired) electrons. The van der Waals surface area contributed by atoms with E-state index in [9.17, 15) is 9.18 Å². The van der Waals surface area contributed by atoms with E-state index in [1.54, 1.807) is 18.2 Å². The van der Waals surface area contributed by atoms with Gasteiger partial charge in [0.05, 0.1) is 17.5 Å². The number of ether oxygens (including phenoxy) is 1. The predicted octanol–water partition coefficient (Wildman–Crippen LogP) is 4.34. The first-order chi connectivity index (χ1) is 10.6. The Morgan fingerprint density at radius 2 is 1.91 bits per heavy atom. The van der Waals surface area contributed by atoms with E-state index in [2.05, 4.69) is 5.32 Å². The van der Waals surface area contributed by atoms with E-state index in [1.165, 1.54) is 23.9 Å². The molecule has 0 aliphatic carbocycles. The molecule has 0 heterocycles. The van der Waals surface area contributed by atoms with Crippen molar-refractivity contribution in [3.63, 3.8) is 0 Å². The van der Waals surface area contributed by atoms with Gasteiger partial charge in [-0.25, -0.2) is 4.39 Å². The highest BCUT2D eigenvalue weighted by Gasteiger charge is 2.16. The molecule has 116 valence electrons. The van der Waals surface area contributed by atoms with Crippen LogP contribution in [0.4, 0.5) is 10.1 Å². The fourth-order valence-electron chi connectivity index (χ4n) is 1.86. The second-order valence-electron chi connectivity index (χ2n) is 4.63. The van der Waals surface area contributed by atoms with Gasteiger partial charge in [-0.2, -0.15) is 0 Å². The molecule has 3 nitrogen and oxygen atoms in total. The van der Waals surface area contributed by atoms with E-state index in [0.29, 0.717) is 18.0 Å². The van der Waals surface area contributed by atoms with Crippen LogP contribution in [0, 0.1) is 5.82 Å². The predicted molar refractivity (Wildman–Crippen MR) is 88.0 cm³/mol. The minimum atomic E-state index is -0.305. The third-order valence-corrected chi connectivity index (χ3v) is 4.05. The second-order valence-corrected chi connectivity index (χ2v) is 6.05. The van der Waals surface area contributed by atoms with Gasteiger partial charge in [0, 0.05) is 4.90 Å². The van der Waals surface area contributed by atoms with Gasteiger partial charge in [-0.05, 0) is 50.2 Å². The van der Waals surface area contributed by atoms with Crippen molar-refractivity contribution in [1.82, 2.24) is 0 Å². The molecule has 0 spiro atoms. The van der Waals surface area contributed by atoms with Crippen LogP contribution < -0.4 is 10.1 Å². The van der Waals surface area contributed by atoms with Gasteiger partial charge in [-0.1, -0.05) is 12.1 Å². The molecule has 5 heteroatoms. The molecule has 2 rings (SSSR count). The van der Waals surface area contributed by atoms with Crippen molar-refractivity contribution in [3.8, 4) is 5.75 Å². The third-order valence-electron chi connectivity index (χ3n) is 2.94. The number of hydrogen-bond donors (Lipinski definition) is 1. The van der Waals surface area contributed by atoms with Crippen LogP contribution in [0.25, 0.3) is 0 Å². The largest absolute Gasteiger partial charge is 0.492 e. The Hall–Kier alpha value is -2.01. The maximum atomic E-state index is 12.9. The first-order valence-electron chi connectivity index (χ1n) is 7.05. The quantitative estimate of drug-likeness (QED) is 0.805. The molecule has 0 aromatic heterocycles. The van der Waals surface area contributed by atoms with Crippen molar-refractivity contribution >= 4 is 23.4 Å². The molecule has 2 aromatic rings. The Morgan fingerprint density at radius 3 is 2.59 bits per heavy atom. The van der Waals surface area contributed by atoms with Crippen LogP contribution in [0.3, 0.4) is 0 Å². The van der Waals surface area contributed by atoms with E-state index >= 15 is 0 Å². The minimum absolute atomic E-state index is 0.124. The average Bonchev–Trinajstić information content (AvgIpc) is 2.51. The van der Waals surface area contributed by atoms with Crippen LogP contribution in [0.5, 0.6) is 5.75 Å². The number of carbonyl (C=O) groups is 1.